The monoisotopic (exact) mass is 346 g/mol. The van der Waals surface area contributed by atoms with E-state index in [1.54, 1.807) is 6.20 Å². The highest BCUT2D eigenvalue weighted by atomic mass is 16.2. The second-order valence-corrected chi connectivity index (χ2v) is 7.60. The Labute approximate surface area is 150 Å². The van der Waals surface area contributed by atoms with Crippen LogP contribution in [-0.2, 0) is 16.1 Å². The lowest BCUT2D eigenvalue weighted by Crippen LogP contribution is -2.35. The van der Waals surface area contributed by atoms with Crippen LogP contribution in [0.5, 0.6) is 0 Å². The van der Waals surface area contributed by atoms with Gasteiger partial charge in [-0.1, -0.05) is 20.8 Å². The maximum atomic E-state index is 11.9. The minimum absolute atomic E-state index is 0.00421. The first kappa shape index (κ1) is 19.2. The predicted octanol–water partition coefficient (Wildman–Crippen LogP) is 2.24. The molecule has 6 heteroatoms. The Hall–Kier alpha value is -2.11. The van der Waals surface area contributed by atoms with E-state index in [0.717, 1.165) is 24.5 Å². The minimum atomic E-state index is -0.392. The van der Waals surface area contributed by atoms with Crippen LogP contribution in [0.4, 0.5) is 5.82 Å². The van der Waals surface area contributed by atoms with Gasteiger partial charge in [0.2, 0.25) is 11.8 Å². The normalized spacial score (nSPS) is 14.4. The van der Waals surface area contributed by atoms with Crippen molar-refractivity contribution < 1.29 is 9.59 Å². The summed E-state index contributed by atoms with van der Waals surface area (Å²) in [5.41, 5.74) is 0.669. The van der Waals surface area contributed by atoms with E-state index in [0.29, 0.717) is 25.9 Å². The predicted molar refractivity (Wildman–Crippen MR) is 99.2 cm³/mol. The van der Waals surface area contributed by atoms with Crippen LogP contribution < -0.4 is 15.5 Å². The van der Waals surface area contributed by atoms with Gasteiger partial charge in [-0.2, -0.15) is 0 Å². The molecule has 2 amide bonds. The number of anilines is 1. The summed E-state index contributed by atoms with van der Waals surface area (Å²) in [5, 5.41) is 5.79. The maximum Gasteiger partial charge on any atom is 0.225 e. The van der Waals surface area contributed by atoms with E-state index in [4.69, 9.17) is 0 Å². The van der Waals surface area contributed by atoms with Gasteiger partial charge in [-0.3, -0.25) is 9.59 Å². The molecule has 0 bridgehead atoms. The topological polar surface area (TPSA) is 74.3 Å². The molecule has 1 aromatic heterocycles. The van der Waals surface area contributed by atoms with Gasteiger partial charge in [0.15, 0.2) is 0 Å². The van der Waals surface area contributed by atoms with Gasteiger partial charge in [0.25, 0.3) is 0 Å². The second kappa shape index (κ2) is 8.83. The third-order valence-electron chi connectivity index (χ3n) is 4.28. The molecular weight excluding hydrogens is 316 g/mol. The highest BCUT2D eigenvalue weighted by molar-refractivity contribution is 5.81. The van der Waals surface area contributed by atoms with Crippen molar-refractivity contribution in [1.29, 1.82) is 0 Å². The molecule has 1 aliphatic heterocycles. The van der Waals surface area contributed by atoms with Crippen molar-refractivity contribution in [3.05, 3.63) is 23.9 Å². The van der Waals surface area contributed by atoms with E-state index in [-0.39, 0.29) is 11.8 Å². The number of hydrogen-bond acceptors (Lipinski definition) is 4. The molecule has 138 valence electrons. The zero-order valence-corrected chi connectivity index (χ0v) is 15.6. The SMILES string of the molecule is CC(C)(C)C(=O)NCCCC(=O)NCc1ccnc(N2CCCC2)c1. The Morgan fingerprint density at radius 1 is 1.20 bits per heavy atom. The molecule has 1 fully saturated rings. The molecule has 0 aliphatic carbocycles. The van der Waals surface area contributed by atoms with E-state index in [1.807, 2.05) is 26.8 Å². The van der Waals surface area contributed by atoms with Crippen LogP contribution in [0.1, 0.15) is 52.0 Å². The van der Waals surface area contributed by atoms with Gasteiger partial charge in [0, 0.05) is 44.2 Å². The van der Waals surface area contributed by atoms with Crippen molar-refractivity contribution in [3.63, 3.8) is 0 Å². The number of rotatable bonds is 7. The molecule has 6 nitrogen and oxygen atoms in total. The van der Waals surface area contributed by atoms with Crippen LogP contribution in [0.15, 0.2) is 18.3 Å². The molecule has 0 unspecified atom stereocenters. The van der Waals surface area contributed by atoms with E-state index >= 15 is 0 Å². The average molecular weight is 346 g/mol. The number of carbonyl (C=O) groups excluding carboxylic acids is 2. The molecule has 2 rings (SSSR count). The summed E-state index contributed by atoms with van der Waals surface area (Å²) >= 11 is 0. The number of nitrogens with one attached hydrogen (secondary N) is 2. The first-order chi connectivity index (χ1) is 11.9. The average Bonchev–Trinajstić information content (AvgIpc) is 3.10. The van der Waals surface area contributed by atoms with Crippen LogP contribution >= 0.6 is 0 Å². The molecule has 1 aliphatic rings. The first-order valence-corrected chi connectivity index (χ1v) is 9.11. The first-order valence-electron chi connectivity index (χ1n) is 9.11. The fraction of sp³-hybridized carbons (Fsp3) is 0.632. The van der Waals surface area contributed by atoms with Crippen molar-refractivity contribution >= 4 is 17.6 Å². The minimum Gasteiger partial charge on any atom is -0.357 e. The Morgan fingerprint density at radius 3 is 2.60 bits per heavy atom. The van der Waals surface area contributed by atoms with Gasteiger partial charge >= 0.3 is 0 Å². The number of pyridine rings is 1. The van der Waals surface area contributed by atoms with Gasteiger partial charge in [0.1, 0.15) is 5.82 Å². The highest BCUT2D eigenvalue weighted by Gasteiger charge is 2.20. The molecule has 0 atom stereocenters. The third-order valence-corrected chi connectivity index (χ3v) is 4.28. The van der Waals surface area contributed by atoms with Crippen LogP contribution in [0.2, 0.25) is 0 Å². The largest absolute Gasteiger partial charge is 0.357 e. The lowest BCUT2D eigenvalue weighted by molar-refractivity contribution is -0.128. The van der Waals surface area contributed by atoms with Gasteiger partial charge in [-0.15, -0.1) is 0 Å². The van der Waals surface area contributed by atoms with Crippen molar-refractivity contribution in [2.24, 2.45) is 5.41 Å². The fourth-order valence-electron chi connectivity index (χ4n) is 2.69. The van der Waals surface area contributed by atoms with Gasteiger partial charge in [-0.25, -0.2) is 4.98 Å². The van der Waals surface area contributed by atoms with Crippen molar-refractivity contribution in [1.82, 2.24) is 15.6 Å². The summed E-state index contributed by atoms with van der Waals surface area (Å²) in [4.78, 5) is 30.4. The van der Waals surface area contributed by atoms with Crippen LogP contribution in [0.3, 0.4) is 0 Å². The van der Waals surface area contributed by atoms with Crippen LogP contribution in [0.25, 0.3) is 0 Å². The Balaban J connectivity index is 1.68. The van der Waals surface area contributed by atoms with Gasteiger partial charge in [-0.05, 0) is 37.0 Å². The Bertz CT molecular complexity index is 589. The molecule has 0 aromatic carbocycles. The van der Waals surface area contributed by atoms with E-state index in [9.17, 15) is 9.59 Å². The maximum absolute atomic E-state index is 11.9. The van der Waals surface area contributed by atoms with Gasteiger partial charge in [0.05, 0.1) is 0 Å². The summed E-state index contributed by atoms with van der Waals surface area (Å²) < 4.78 is 0. The number of carbonyl (C=O) groups is 2. The third kappa shape index (κ3) is 6.36. The Kier molecular flexibility index (Phi) is 6.79. The lowest BCUT2D eigenvalue weighted by atomic mass is 9.96. The molecule has 1 saturated heterocycles. The standard InChI is InChI=1S/C19H30N4O2/c1-19(2,3)18(25)21-9-6-7-17(24)22-14-15-8-10-20-16(13-15)23-11-4-5-12-23/h8,10,13H,4-7,9,11-12,14H2,1-3H3,(H,21,25)(H,22,24). The molecule has 0 spiro atoms. The molecule has 2 heterocycles. The second-order valence-electron chi connectivity index (χ2n) is 7.60. The number of nitrogens with zero attached hydrogens (tertiary/aromatic N) is 2. The summed E-state index contributed by atoms with van der Waals surface area (Å²) in [6.45, 7) is 8.78. The molecule has 2 N–H and O–H groups in total. The van der Waals surface area contributed by atoms with Crippen LogP contribution in [-0.4, -0.2) is 36.4 Å². The summed E-state index contributed by atoms with van der Waals surface area (Å²) in [6.07, 6.45) is 5.29. The van der Waals surface area contributed by atoms with Crippen molar-refractivity contribution in [2.75, 3.05) is 24.5 Å². The molecule has 0 saturated carbocycles. The molecule has 25 heavy (non-hydrogen) atoms. The highest BCUT2D eigenvalue weighted by Crippen LogP contribution is 2.18. The number of hydrogen-bond donors (Lipinski definition) is 2. The van der Waals surface area contributed by atoms with Gasteiger partial charge < -0.3 is 15.5 Å². The van der Waals surface area contributed by atoms with E-state index < -0.39 is 5.41 Å². The zero-order valence-electron chi connectivity index (χ0n) is 15.6. The van der Waals surface area contributed by atoms with E-state index in [1.165, 1.54) is 12.8 Å². The van der Waals surface area contributed by atoms with Crippen molar-refractivity contribution in [2.45, 2.75) is 53.0 Å². The van der Waals surface area contributed by atoms with E-state index in [2.05, 4.69) is 26.6 Å². The summed E-state index contributed by atoms with van der Waals surface area (Å²) in [6, 6.07) is 3.98. The lowest BCUT2D eigenvalue weighted by Gasteiger charge is -2.17. The summed E-state index contributed by atoms with van der Waals surface area (Å²) in [7, 11) is 0. The molecule has 0 radical (unpaired) electrons. The summed E-state index contributed by atoms with van der Waals surface area (Å²) in [5.74, 6) is 1.01. The molecule has 1 aromatic rings. The number of amides is 2. The van der Waals surface area contributed by atoms with Crippen molar-refractivity contribution in [3.8, 4) is 0 Å². The van der Waals surface area contributed by atoms with Crippen LogP contribution in [0, 0.1) is 5.41 Å². The fourth-order valence-corrected chi connectivity index (χ4v) is 2.69. The Morgan fingerprint density at radius 2 is 1.92 bits per heavy atom. The quantitative estimate of drug-likeness (QED) is 0.743. The smallest absolute Gasteiger partial charge is 0.225 e. The molecular formula is C19H30N4O2. The zero-order chi connectivity index (χ0) is 18.3. The number of aromatic nitrogens is 1.